The Kier molecular flexibility index (Phi) is 5.21. The van der Waals surface area contributed by atoms with Gasteiger partial charge in [-0.1, -0.05) is 30.3 Å². The van der Waals surface area contributed by atoms with Crippen molar-refractivity contribution in [2.75, 3.05) is 0 Å². The van der Waals surface area contributed by atoms with Gasteiger partial charge in [0.05, 0.1) is 0 Å². The molecule has 0 spiro atoms. The van der Waals surface area contributed by atoms with Crippen molar-refractivity contribution >= 4 is 0 Å². The molecule has 0 saturated heterocycles. The zero-order valence-corrected chi connectivity index (χ0v) is 11.2. The Balaban J connectivity index is 1.97. The highest BCUT2D eigenvalue weighted by molar-refractivity contribution is 5.22. The van der Waals surface area contributed by atoms with Crippen molar-refractivity contribution in [2.45, 2.75) is 25.3 Å². The molecule has 106 valence electrons. The lowest BCUT2D eigenvalue weighted by Gasteiger charge is -2.17. The van der Waals surface area contributed by atoms with E-state index < -0.39 is 11.6 Å². The molecular weight excluding hydrogens is 258 g/mol. The van der Waals surface area contributed by atoms with Crippen LogP contribution in [0.4, 0.5) is 8.78 Å². The van der Waals surface area contributed by atoms with Crippen molar-refractivity contribution in [2.24, 2.45) is 5.84 Å². The van der Waals surface area contributed by atoms with Crippen LogP contribution in [0.15, 0.2) is 48.5 Å². The second kappa shape index (κ2) is 7.12. The number of halogens is 2. The molecule has 0 saturated carbocycles. The lowest BCUT2D eigenvalue weighted by Crippen LogP contribution is -2.29. The Hall–Kier alpha value is -1.78. The summed E-state index contributed by atoms with van der Waals surface area (Å²) in [6, 6.07) is 13.1. The highest BCUT2D eigenvalue weighted by atomic mass is 19.1. The quantitative estimate of drug-likeness (QED) is 0.626. The Bertz CT molecular complexity index is 543. The Labute approximate surface area is 117 Å². The Morgan fingerprint density at radius 1 is 1.05 bits per heavy atom. The molecule has 4 heteroatoms. The van der Waals surface area contributed by atoms with E-state index in [1.165, 1.54) is 11.6 Å². The summed E-state index contributed by atoms with van der Waals surface area (Å²) in [5.41, 5.74) is 4.07. The van der Waals surface area contributed by atoms with Gasteiger partial charge < -0.3 is 0 Å². The summed E-state index contributed by atoms with van der Waals surface area (Å²) in [7, 11) is 0. The van der Waals surface area contributed by atoms with Crippen LogP contribution in [0.5, 0.6) is 0 Å². The van der Waals surface area contributed by atoms with Crippen LogP contribution in [-0.2, 0) is 6.42 Å². The summed E-state index contributed by atoms with van der Waals surface area (Å²) in [5, 5.41) is 0. The first kappa shape index (κ1) is 14.6. The molecule has 20 heavy (non-hydrogen) atoms. The molecule has 2 rings (SSSR count). The van der Waals surface area contributed by atoms with Gasteiger partial charge in [-0.15, -0.1) is 0 Å². The number of hydrogen-bond acceptors (Lipinski definition) is 2. The van der Waals surface area contributed by atoms with Gasteiger partial charge >= 0.3 is 0 Å². The number of benzene rings is 2. The molecule has 2 nitrogen and oxygen atoms in total. The maximum atomic E-state index is 13.7. The number of hydrazine groups is 1. The fourth-order valence-corrected chi connectivity index (χ4v) is 2.27. The average Bonchev–Trinajstić information content (AvgIpc) is 2.48. The van der Waals surface area contributed by atoms with Crippen LogP contribution in [0, 0.1) is 11.6 Å². The Morgan fingerprint density at radius 2 is 1.80 bits per heavy atom. The van der Waals surface area contributed by atoms with Gasteiger partial charge in [-0.25, -0.2) is 8.78 Å². The third kappa shape index (κ3) is 3.85. The van der Waals surface area contributed by atoms with Gasteiger partial charge in [0.15, 0.2) is 0 Å². The fourth-order valence-electron chi connectivity index (χ4n) is 2.27. The van der Waals surface area contributed by atoms with Gasteiger partial charge in [0.2, 0.25) is 0 Å². The molecule has 2 aromatic carbocycles. The first-order valence-electron chi connectivity index (χ1n) is 6.65. The summed E-state index contributed by atoms with van der Waals surface area (Å²) in [5.74, 6) is 4.57. The van der Waals surface area contributed by atoms with Gasteiger partial charge in [-0.2, -0.15) is 0 Å². The van der Waals surface area contributed by atoms with Gasteiger partial charge in [0, 0.05) is 11.6 Å². The smallest absolute Gasteiger partial charge is 0.128 e. The molecule has 0 bridgehead atoms. The lowest BCUT2D eigenvalue weighted by atomic mass is 9.99. The van der Waals surface area contributed by atoms with Gasteiger partial charge in [-0.3, -0.25) is 11.3 Å². The minimum atomic E-state index is -0.454. The van der Waals surface area contributed by atoms with Crippen LogP contribution >= 0.6 is 0 Å². The highest BCUT2D eigenvalue weighted by Gasteiger charge is 2.15. The van der Waals surface area contributed by atoms with Crippen LogP contribution in [0.1, 0.15) is 30.0 Å². The van der Waals surface area contributed by atoms with E-state index in [1.54, 1.807) is 0 Å². The maximum Gasteiger partial charge on any atom is 0.128 e. The van der Waals surface area contributed by atoms with Crippen molar-refractivity contribution in [3.63, 3.8) is 0 Å². The molecule has 1 atom stereocenters. The molecule has 0 aliphatic carbocycles. The van der Waals surface area contributed by atoms with E-state index in [0.717, 1.165) is 25.0 Å². The molecule has 0 radical (unpaired) electrons. The van der Waals surface area contributed by atoms with Crippen LogP contribution < -0.4 is 11.3 Å². The van der Waals surface area contributed by atoms with Crippen molar-refractivity contribution in [1.82, 2.24) is 5.43 Å². The van der Waals surface area contributed by atoms with Crippen LogP contribution in [0.25, 0.3) is 0 Å². The second-order valence-corrected chi connectivity index (χ2v) is 4.76. The van der Waals surface area contributed by atoms with Gasteiger partial charge in [0.1, 0.15) is 11.6 Å². The summed E-state index contributed by atoms with van der Waals surface area (Å²) in [6.45, 7) is 0. The summed E-state index contributed by atoms with van der Waals surface area (Å²) in [4.78, 5) is 0. The molecule has 2 aromatic rings. The minimum absolute atomic E-state index is 0.278. The molecule has 0 heterocycles. The lowest BCUT2D eigenvalue weighted by molar-refractivity contribution is 0.467. The summed E-state index contributed by atoms with van der Waals surface area (Å²) in [6.07, 6.45) is 2.37. The number of nitrogens with two attached hydrogens (primary N) is 1. The summed E-state index contributed by atoms with van der Waals surface area (Å²) < 4.78 is 26.9. The highest BCUT2D eigenvalue weighted by Crippen LogP contribution is 2.22. The zero-order valence-electron chi connectivity index (χ0n) is 11.2. The van der Waals surface area contributed by atoms with Crippen molar-refractivity contribution < 1.29 is 8.78 Å². The second-order valence-electron chi connectivity index (χ2n) is 4.76. The predicted octanol–water partition coefficient (Wildman–Crippen LogP) is 3.49. The average molecular weight is 276 g/mol. The molecule has 0 aromatic heterocycles. The molecule has 0 aliphatic rings. The maximum absolute atomic E-state index is 13.7. The van der Waals surface area contributed by atoms with Gasteiger partial charge in [0.25, 0.3) is 0 Å². The molecule has 0 fully saturated rings. The van der Waals surface area contributed by atoms with Crippen molar-refractivity contribution in [3.8, 4) is 0 Å². The minimum Gasteiger partial charge on any atom is -0.271 e. The van der Waals surface area contributed by atoms with E-state index >= 15 is 0 Å². The molecule has 0 aliphatic heterocycles. The van der Waals surface area contributed by atoms with Crippen molar-refractivity contribution in [3.05, 3.63) is 71.3 Å². The predicted molar refractivity (Wildman–Crippen MR) is 75.8 cm³/mol. The van der Waals surface area contributed by atoms with Crippen LogP contribution in [-0.4, -0.2) is 0 Å². The van der Waals surface area contributed by atoms with Crippen molar-refractivity contribution in [1.29, 1.82) is 0 Å². The zero-order chi connectivity index (χ0) is 14.4. The number of rotatable bonds is 6. The summed E-state index contributed by atoms with van der Waals surface area (Å²) >= 11 is 0. The number of aryl methyl sites for hydroxylation is 1. The number of nitrogens with one attached hydrogen (secondary N) is 1. The van der Waals surface area contributed by atoms with E-state index in [1.807, 2.05) is 30.3 Å². The fraction of sp³-hybridized carbons (Fsp3) is 0.250. The molecule has 0 amide bonds. The third-order valence-electron chi connectivity index (χ3n) is 3.34. The Morgan fingerprint density at radius 3 is 2.50 bits per heavy atom. The van der Waals surface area contributed by atoms with Crippen LogP contribution in [0.2, 0.25) is 0 Å². The van der Waals surface area contributed by atoms with Gasteiger partial charge in [-0.05, 0) is 43.0 Å². The topological polar surface area (TPSA) is 38.0 Å². The molecule has 3 N–H and O–H groups in total. The largest absolute Gasteiger partial charge is 0.271 e. The van der Waals surface area contributed by atoms with Crippen LogP contribution in [0.3, 0.4) is 0 Å². The third-order valence-corrected chi connectivity index (χ3v) is 3.34. The monoisotopic (exact) mass is 276 g/mol. The SMILES string of the molecule is NNC(CCCc1ccccc1)c1cc(F)ccc1F. The molecule has 1 unspecified atom stereocenters. The van der Waals surface area contributed by atoms with E-state index in [0.29, 0.717) is 6.42 Å². The van der Waals surface area contributed by atoms with E-state index in [-0.39, 0.29) is 11.6 Å². The molecular formula is C16H18F2N2. The number of hydrogen-bond donors (Lipinski definition) is 2. The normalized spacial score (nSPS) is 12.3. The first-order valence-corrected chi connectivity index (χ1v) is 6.65. The van der Waals surface area contributed by atoms with E-state index in [4.69, 9.17) is 5.84 Å². The standard InChI is InChI=1S/C16H18F2N2/c17-13-9-10-15(18)14(11-13)16(20-19)8-4-7-12-5-2-1-3-6-12/h1-3,5-6,9-11,16,20H,4,7-8,19H2. The van der Waals surface area contributed by atoms with E-state index in [9.17, 15) is 8.78 Å². The van der Waals surface area contributed by atoms with E-state index in [2.05, 4.69) is 5.43 Å². The first-order chi connectivity index (χ1) is 9.70.